The number of hydrogen-bond donors (Lipinski definition) is 0. The van der Waals surface area contributed by atoms with E-state index in [2.05, 4.69) is 4.98 Å². The van der Waals surface area contributed by atoms with Crippen molar-refractivity contribution in [2.45, 2.75) is 0 Å². The lowest BCUT2D eigenvalue weighted by atomic mass is 10.0. The Morgan fingerprint density at radius 1 is 0.889 bits per heavy atom. The highest BCUT2D eigenvalue weighted by molar-refractivity contribution is 6.49. The molecule has 0 saturated carbocycles. The number of Topliss-reactive ketones (excluding diaryl/α,β-unsaturated/α-hetero) is 2. The van der Waals surface area contributed by atoms with Crippen LogP contribution in [0.2, 0.25) is 10.0 Å². The summed E-state index contributed by atoms with van der Waals surface area (Å²) in [5.74, 6) is -0.0415. The minimum absolute atomic E-state index is 0.161. The molecule has 0 saturated heterocycles. The number of benzene rings is 2. The number of aromatic nitrogens is 1. The SMILES string of the molecule is COc1ccc(Oc2ccc(C(=O)C(=O)c3cccnc3)cc2Cl)cc1Cl. The van der Waals surface area contributed by atoms with Crippen LogP contribution in [0.25, 0.3) is 0 Å². The van der Waals surface area contributed by atoms with Gasteiger partial charge in [0.05, 0.1) is 17.2 Å². The molecule has 0 aliphatic rings. The van der Waals surface area contributed by atoms with Gasteiger partial charge in [0.25, 0.3) is 0 Å². The molecular formula is C20H13Cl2NO4. The van der Waals surface area contributed by atoms with Crippen LogP contribution < -0.4 is 9.47 Å². The summed E-state index contributed by atoms with van der Waals surface area (Å²) in [7, 11) is 1.52. The minimum atomic E-state index is -0.677. The normalized spacial score (nSPS) is 10.3. The van der Waals surface area contributed by atoms with E-state index in [1.807, 2.05) is 0 Å². The van der Waals surface area contributed by atoms with Gasteiger partial charge in [0.15, 0.2) is 0 Å². The Balaban J connectivity index is 1.80. The van der Waals surface area contributed by atoms with Crippen LogP contribution in [0, 0.1) is 0 Å². The maximum Gasteiger partial charge on any atom is 0.235 e. The summed E-state index contributed by atoms with van der Waals surface area (Å²) in [6, 6.07) is 12.4. The first-order chi connectivity index (χ1) is 13.0. The number of carbonyl (C=O) groups is 2. The standard InChI is InChI=1S/C20H13Cl2NO4/c1-26-17-7-5-14(10-16(17)22)27-18-6-4-12(9-15(18)21)19(24)20(25)13-3-2-8-23-11-13/h2-11H,1H3. The Kier molecular flexibility index (Phi) is 5.74. The number of halogens is 2. The van der Waals surface area contributed by atoms with E-state index in [9.17, 15) is 9.59 Å². The molecule has 0 atom stereocenters. The van der Waals surface area contributed by atoms with Crippen molar-refractivity contribution >= 4 is 34.8 Å². The van der Waals surface area contributed by atoms with Crippen LogP contribution >= 0.6 is 23.2 Å². The van der Waals surface area contributed by atoms with Gasteiger partial charge >= 0.3 is 0 Å². The number of pyridine rings is 1. The van der Waals surface area contributed by atoms with E-state index in [1.165, 1.54) is 43.8 Å². The number of nitrogens with zero attached hydrogens (tertiary/aromatic N) is 1. The predicted octanol–water partition coefficient (Wildman–Crippen LogP) is 5.25. The van der Waals surface area contributed by atoms with Gasteiger partial charge in [-0.1, -0.05) is 23.2 Å². The molecule has 0 N–H and O–H groups in total. The third-order valence-electron chi connectivity index (χ3n) is 3.68. The Hall–Kier alpha value is -2.89. The molecule has 0 unspecified atom stereocenters. The number of carbonyl (C=O) groups excluding carboxylic acids is 2. The number of hydrogen-bond acceptors (Lipinski definition) is 5. The summed E-state index contributed by atoms with van der Waals surface area (Å²) in [4.78, 5) is 28.5. The van der Waals surface area contributed by atoms with Gasteiger partial charge in [-0.25, -0.2) is 0 Å². The van der Waals surface area contributed by atoms with E-state index < -0.39 is 11.6 Å². The molecule has 0 bridgehead atoms. The van der Waals surface area contributed by atoms with Crippen LogP contribution in [0.3, 0.4) is 0 Å². The summed E-state index contributed by atoms with van der Waals surface area (Å²) in [5.41, 5.74) is 0.376. The van der Waals surface area contributed by atoms with E-state index in [1.54, 1.807) is 24.3 Å². The molecule has 0 amide bonds. The van der Waals surface area contributed by atoms with Crippen LogP contribution in [-0.2, 0) is 0 Å². The number of methoxy groups -OCH3 is 1. The molecular weight excluding hydrogens is 389 g/mol. The molecule has 0 radical (unpaired) electrons. The van der Waals surface area contributed by atoms with Gasteiger partial charge < -0.3 is 9.47 Å². The summed E-state index contributed by atoms with van der Waals surface area (Å²) >= 11 is 12.3. The van der Waals surface area contributed by atoms with Crippen molar-refractivity contribution in [3.63, 3.8) is 0 Å². The second-order valence-electron chi connectivity index (χ2n) is 5.44. The van der Waals surface area contributed by atoms with Gasteiger partial charge in [-0.3, -0.25) is 14.6 Å². The average Bonchev–Trinajstić information content (AvgIpc) is 2.69. The predicted molar refractivity (Wildman–Crippen MR) is 102 cm³/mol. The van der Waals surface area contributed by atoms with Gasteiger partial charge in [0, 0.05) is 29.6 Å². The Morgan fingerprint density at radius 3 is 2.22 bits per heavy atom. The summed E-state index contributed by atoms with van der Waals surface area (Å²) in [5, 5.41) is 0.576. The van der Waals surface area contributed by atoms with Crippen molar-refractivity contribution in [3.8, 4) is 17.2 Å². The van der Waals surface area contributed by atoms with Gasteiger partial charge in [-0.2, -0.15) is 0 Å². The zero-order chi connectivity index (χ0) is 19.4. The first-order valence-electron chi connectivity index (χ1n) is 7.79. The highest BCUT2D eigenvalue weighted by atomic mass is 35.5. The fraction of sp³-hybridized carbons (Fsp3) is 0.0500. The number of rotatable bonds is 6. The van der Waals surface area contributed by atoms with Crippen LogP contribution in [0.15, 0.2) is 60.9 Å². The number of ketones is 2. The Morgan fingerprint density at radius 2 is 1.59 bits per heavy atom. The zero-order valence-electron chi connectivity index (χ0n) is 14.1. The third kappa shape index (κ3) is 4.27. The molecule has 0 fully saturated rings. The van der Waals surface area contributed by atoms with Crippen molar-refractivity contribution in [3.05, 3.63) is 82.1 Å². The van der Waals surface area contributed by atoms with Crippen molar-refractivity contribution in [2.24, 2.45) is 0 Å². The largest absolute Gasteiger partial charge is 0.495 e. The first-order valence-corrected chi connectivity index (χ1v) is 8.55. The monoisotopic (exact) mass is 401 g/mol. The Labute approximate surface area is 165 Å². The Bertz CT molecular complexity index is 1010. The highest BCUT2D eigenvalue weighted by Gasteiger charge is 2.19. The molecule has 5 nitrogen and oxygen atoms in total. The molecule has 27 heavy (non-hydrogen) atoms. The van der Waals surface area contributed by atoms with Crippen LogP contribution in [0.4, 0.5) is 0 Å². The molecule has 136 valence electrons. The molecule has 3 rings (SSSR count). The van der Waals surface area contributed by atoms with Gasteiger partial charge in [-0.15, -0.1) is 0 Å². The minimum Gasteiger partial charge on any atom is -0.495 e. The van der Waals surface area contributed by atoms with Gasteiger partial charge in [-0.05, 0) is 42.5 Å². The highest BCUT2D eigenvalue weighted by Crippen LogP contribution is 2.34. The lowest BCUT2D eigenvalue weighted by Gasteiger charge is -2.10. The summed E-state index contributed by atoms with van der Waals surface area (Å²) in [6.45, 7) is 0. The average molecular weight is 402 g/mol. The van der Waals surface area contributed by atoms with E-state index in [4.69, 9.17) is 32.7 Å². The zero-order valence-corrected chi connectivity index (χ0v) is 15.6. The van der Waals surface area contributed by atoms with Crippen molar-refractivity contribution in [2.75, 3.05) is 7.11 Å². The van der Waals surface area contributed by atoms with Crippen LogP contribution in [0.5, 0.6) is 17.2 Å². The quantitative estimate of drug-likeness (QED) is 0.416. The molecule has 3 aromatic rings. The van der Waals surface area contributed by atoms with Crippen molar-refractivity contribution in [1.82, 2.24) is 4.98 Å². The lowest BCUT2D eigenvalue weighted by molar-refractivity contribution is 0.0816. The maximum atomic E-state index is 12.4. The lowest BCUT2D eigenvalue weighted by Crippen LogP contribution is -2.14. The fourth-order valence-corrected chi connectivity index (χ4v) is 2.79. The van der Waals surface area contributed by atoms with Crippen LogP contribution in [0.1, 0.15) is 20.7 Å². The first kappa shape index (κ1) is 18.9. The van der Waals surface area contributed by atoms with E-state index in [0.29, 0.717) is 22.3 Å². The molecule has 0 spiro atoms. The molecule has 1 aromatic heterocycles. The summed E-state index contributed by atoms with van der Waals surface area (Å²) in [6.07, 6.45) is 2.86. The molecule has 1 heterocycles. The van der Waals surface area contributed by atoms with E-state index in [-0.39, 0.29) is 16.1 Å². The third-order valence-corrected chi connectivity index (χ3v) is 4.27. The molecule has 0 aliphatic heterocycles. The van der Waals surface area contributed by atoms with Crippen LogP contribution in [-0.4, -0.2) is 23.7 Å². The summed E-state index contributed by atoms with van der Waals surface area (Å²) < 4.78 is 10.8. The smallest absolute Gasteiger partial charge is 0.235 e. The van der Waals surface area contributed by atoms with Crippen molar-refractivity contribution in [1.29, 1.82) is 0 Å². The molecule has 7 heteroatoms. The number of ether oxygens (including phenoxy) is 2. The van der Waals surface area contributed by atoms with Crippen molar-refractivity contribution < 1.29 is 19.1 Å². The second kappa shape index (κ2) is 8.20. The fourth-order valence-electron chi connectivity index (χ4n) is 2.32. The van der Waals surface area contributed by atoms with Gasteiger partial charge in [0.1, 0.15) is 17.2 Å². The topological polar surface area (TPSA) is 65.5 Å². The molecule has 0 aliphatic carbocycles. The van der Waals surface area contributed by atoms with Gasteiger partial charge in [0.2, 0.25) is 11.6 Å². The maximum absolute atomic E-state index is 12.4. The van der Waals surface area contributed by atoms with E-state index in [0.717, 1.165) is 0 Å². The second-order valence-corrected chi connectivity index (χ2v) is 6.26. The van der Waals surface area contributed by atoms with E-state index >= 15 is 0 Å². The molecule has 2 aromatic carbocycles.